The summed E-state index contributed by atoms with van der Waals surface area (Å²) in [4.78, 5) is 67.6. The molecule has 0 saturated heterocycles. The zero-order chi connectivity index (χ0) is 51.0. The van der Waals surface area contributed by atoms with Gasteiger partial charge in [-0.3, -0.25) is 19.2 Å². The quantitative estimate of drug-likeness (QED) is 0.0340. The zero-order valence-electron chi connectivity index (χ0n) is 45.3. The summed E-state index contributed by atoms with van der Waals surface area (Å²) in [5.41, 5.74) is -2.80. The highest BCUT2D eigenvalue weighted by atomic mass is 16.5. The second-order valence-electron chi connectivity index (χ2n) is 20.9. The van der Waals surface area contributed by atoms with Gasteiger partial charge < -0.3 is 29.3 Å². The zero-order valence-corrected chi connectivity index (χ0v) is 45.3. The first-order valence-electron chi connectivity index (χ1n) is 28.7. The normalized spacial score (nSPS) is 17.1. The predicted octanol–water partition coefficient (Wildman–Crippen LogP) is 15.0. The number of unbranched alkanes of at least 4 members (excludes halogenated alkanes) is 16. The summed E-state index contributed by atoms with van der Waals surface area (Å²) in [6.45, 7) is 16.7. The van der Waals surface area contributed by atoms with E-state index in [0.29, 0.717) is 70.0 Å². The third kappa shape index (κ3) is 29.2. The summed E-state index contributed by atoms with van der Waals surface area (Å²) in [7, 11) is 0. The number of ether oxygens (including phenoxy) is 3. The fourth-order valence-electron chi connectivity index (χ4n) is 10.4. The topological polar surface area (TPSA) is 157 Å². The number of nitrogens with zero attached hydrogens (tertiary/aromatic N) is 1. The van der Waals surface area contributed by atoms with E-state index in [1.54, 1.807) is 0 Å². The molecule has 0 radical (unpaired) electrons. The number of carbonyl (C=O) groups excluding carboxylic acids is 3. The number of aliphatic carboxylic acids is 2. The van der Waals surface area contributed by atoms with E-state index in [1.807, 2.05) is 0 Å². The molecule has 0 bridgehead atoms. The molecule has 0 aromatic carbocycles. The van der Waals surface area contributed by atoms with Crippen molar-refractivity contribution in [2.45, 2.75) is 266 Å². The van der Waals surface area contributed by atoms with Gasteiger partial charge in [0.25, 0.3) is 0 Å². The highest BCUT2D eigenvalue weighted by Gasteiger charge is 2.53. The van der Waals surface area contributed by atoms with Crippen molar-refractivity contribution in [2.24, 2.45) is 22.7 Å². The Hall–Kier alpha value is -2.95. The van der Waals surface area contributed by atoms with Crippen molar-refractivity contribution >= 4 is 29.8 Å². The van der Waals surface area contributed by atoms with Gasteiger partial charge in [0.1, 0.15) is 0 Å². The number of esters is 3. The number of hydrogen-bond acceptors (Lipinski definition) is 9. The summed E-state index contributed by atoms with van der Waals surface area (Å²) in [6, 6.07) is 0. The molecule has 1 aliphatic rings. The van der Waals surface area contributed by atoms with Crippen molar-refractivity contribution in [3.63, 3.8) is 0 Å². The van der Waals surface area contributed by atoms with E-state index in [-0.39, 0.29) is 49.8 Å². The lowest BCUT2D eigenvalue weighted by atomic mass is 9.60. The Morgan fingerprint density at radius 2 is 0.942 bits per heavy atom. The summed E-state index contributed by atoms with van der Waals surface area (Å²) in [5.74, 6) is -1.91. The highest BCUT2D eigenvalue weighted by Crippen LogP contribution is 2.51. The average Bonchev–Trinajstić information content (AvgIpc) is 3.33. The first kappa shape index (κ1) is 64.1. The fourth-order valence-corrected chi connectivity index (χ4v) is 10.4. The van der Waals surface area contributed by atoms with Crippen LogP contribution in [-0.4, -0.2) is 84.4 Å². The maximum absolute atomic E-state index is 13.7. The third-order valence-electron chi connectivity index (χ3n) is 15.0. The third-order valence-corrected chi connectivity index (χ3v) is 15.0. The van der Waals surface area contributed by atoms with Gasteiger partial charge in [-0.05, 0) is 82.7 Å². The predicted molar refractivity (Wildman–Crippen MR) is 280 cm³/mol. The monoisotopic (exact) mass is 976 g/mol. The molecule has 69 heavy (non-hydrogen) atoms. The average molecular weight is 976 g/mol. The van der Waals surface area contributed by atoms with Gasteiger partial charge in [-0.25, -0.2) is 4.79 Å². The first-order valence-corrected chi connectivity index (χ1v) is 28.7. The Labute approximate surface area is 421 Å². The molecule has 0 amide bonds. The van der Waals surface area contributed by atoms with Crippen molar-refractivity contribution in [1.29, 1.82) is 0 Å². The highest BCUT2D eigenvalue weighted by molar-refractivity contribution is 5.93. The molecule has 2 N–H and O–H groups in total. The summed E-state index contributed by atoms with van der Waals surface area (Å²) < 4.78 is 17.0. The molecular formula is C58H105NO10. The molecule has 11 heteroatoms. The first-order chi connectivity index (χ1) is 33.3. The van der Waals surface area contributed by atoms with Gasteiger partial charge in [0.15, 0.2) is 0 Å². The molecule has 0 aromatic heterocycles. The number of rotatable bonds is 47. The standard InChI is InChI=1S/C58H105NO10/c1-7-13-23-32-49(33-24-14-8-2)38-44-67-52(60)36-27-19-17-21-29-40-57(55(63)64)46-51(54(62)69-43-31-42-59(11-5)12-6)47-58(48-57,56(65)66)41-30-22-18-20-28-37-53(61)68-45-39-50(34-25-15-9-3)35-26-16-10-4/h46,49-50H,7-45,47-48H2,1-6H3,(H,63,64)(H,65,66). The van der Waals surface area contributed by atoms with Crippen LogP contribution < -0.4 is 0 Å². The number of carboxylic acid groups (broad SMARTS) is 2. The van der Waals surface area contributed by atoms with E-state index in [0.717, 1.165) is 71.0 Å². The molecular weight excluding hydrogens is 871 g/mol. The minimum atomic E-state index is -1.52. The Bertz CT molecular complexity index is 1380. The number of hydrogen-bond donors (Lipinski definition) is 2. The minimum absolute atomic E-state index is 0.0649. The van der Waals surface area contributed by atoms with E-state index >= 15 is 0 Å². The number of carboxylic acids is 2. The maximum Gasteiger partial charge on any atom is 0.333 e. The van der Waals surface area contributed by atoms with Gasteiger partial charge >= 0.3 is 29.8 Å². The molecule has 0 spiro atoms. The Balaban J connectivity index is 2.82. The second-order valence-corrected chi connectivity index (χ2v) is 20.9. The lowest BCUT2D eigenvalue weighted by molar-refractivity contribution is -0.158. The smallest absolute Gasteiger partial charge is 0.333 e. The van der Waals surface area contributed by atoms with Gasteiger partial charge in [-0.1, -0.05) is 202 Å². The summed E-state index contributed by atoms with van der Waals surface area (Å²) >= 11 is 0. The largest absolute Gasteiger partial charge is 0.481 e. The Morgan fingerprint density at radius 1 is 0.507 bits per heavy atom. The second kappa shape index (κ2) is 40.6. The van der Waals surface area contributed by atoms with Gasteiger partial charge in [0.05, 0.1) is 30.7 Å². The van der Waals surface area contributed by atoms with Crippen molar-refractivity contribution in [3.05, 3.63) is 11.6 Å². The Morgan fingerprint density at radius 3 is 1.36 bits per heavy atom. The molecule has 2 atom stereocenters. The van der Waals surface area contributed by atoms with Crippen LogP contribution in [0.5, 0.6) is 0 Å². The molecule has 0 heterocycles. The molecule has 0 aliphatic heterocycles. The van der Waals surface area contributed by atoms with E-state index < -0.39 is 28.7 Å². The molecule has 0 fully saturated rings. The van der Waals surface area contributed by atoms with E-state index in [2.05, 4.69) is 46.4 Å². The molecule has 1 rings (SSSR count). The van der Waals surface area contributed by atoms with Crippen LogP contribution >= 0.6 is 0 Å². The fraction of sp³-hybridized carbons (Fsp3) is 0.879. The molecule has 11 nitrogen and oxygen atoms in total. The summed E-state index contributed by atoms with van der Waals surface area (Å²) in [6.07, 6.45) is 31.9. The SMILES string of the molecule is CCCCCC(CCCCC)CCOC(=O)CCCCCCCC1(C(=O)O)C=C(C(=O)OCCCN(CC)CC)CC(CCCCCCCC(=O)OCCC(CCCCC)CCCCC)(C(=O)O)C1. The van der Waals surface area contributed by atoms with Crippen LogP contribution in [-0.2, 0) is 38.2 Å². The van der Waals surface area contributed by atoms with Crippen LogP contribution in [0.25, 0.3) is 0 Å². The number of carbonyl (C=O) groups is 5. The van der Waals surface area contributed by atoms with Gasteiger partial charge in [-0.15, -0.1) is 0 Å². The molecule has 402 valence electrons. The van der Waals surface area contributed by atoms with Crippen molar-refractivity contribution < 1.29 is 48.4 Å². The van der Waals surface area contributed by atoms with Gasteiger partial charge in [0, 0.05) is 25.0 Å². The minimum Gasteiger partial charge on any atom is -0.481 e. The molecule has 0 aromatic rings. The van der Waals surface area contributed by atoms with E-state index in [1.165, 1.54) is 109 Å². The Kier molecular flexibility index (Phi) is 37.7. The van der Waals surface area contributed by atoms with Gasteiger partial charge in [0.2, 0.25) is 0 Å². The van der Waals surface area contributed by atoms with Crippen molar-refractivity contribution in [1.82, 2.24) is 4.90 Å². The van der Waals surface area contributed by atoms with E-state index in [9.17, 15) is 34.2 Å². The maximum atomic E-state index is 13.7. The van der Waals surface area contributed by atoms with Crippen LogP contribution in [0.4, 0.5) is 0 Å². The van der Waals surface area contributed by atoms with Crippen LogP contribution in [0.2, 0.25) is 0 Å². The van der Waals surface area contributed by atoms with E-state index in [4.69, 9.17) is 14.2 Å². The lowest BCUT2D eigenvalue weighted by Crippen LogP contribution is -2.45. The van der Waals surface area contributed by atoms with Crippen molar-refractivity contribution in [3.8, 4) is 0 Å². The molecule has 1 aliphatic carbocycles. The molecule has 2 unspecified atom stereocenters. The van der Waals surface area contributed by atoms with Gasteiger partial charge in [-0.2, -0.15) is 0 Å². The van der Waals surface area contributed by atoms with Crippen LogP contribution in [0.15, 0.2) is 11.6 Å². The summed E-state index contributed by atoms with van der Waals surface area (Å²) in [5, 5.41) is 21.7. The van der Waals surface area contributed by atoms with Crippen LogP contribution in [0.3, 0.4) is 0 Å². The van der Waals surface area contributed by atoms with Crippen molar-refractivity contribution in [2.75, 3.05) is 39.5 Å². The lowest BCUT2D eigenvalue weighted by Gasteiger charge is -2.42. The van der Waals surface area contributed by atoms with Crippen LogP contribution in [0.1, 0.15) is 266 Å². The van der Waals surface area contributed by atoms with Crippen LogP contribution in [0, 0.1) is 22.7 Å². The molecule has 0 saturated carbocycles.